The molecule has 2 aliphatic rings. The van der Waals surface area contributed by atoms with Gasteiger partial charge in [0.15, 0.2) is 0 Å². The SMILES string of the molecule is CS(=O)(=O)CCNCCCn1c(CN2C(=O)C3(CC3)c3ccc(F)cc32)nc2cc(Cl)ccc21. The summed E-state index contributed by atoms with van der Waals surface area (Å²) in [6.45, 7) is 1.91. The minimum absolute atomic E-state index is 0.00665. The monoisotopic (exact) mass is 504 g/mol. The van der Waals surface area contributed by atoms with E-state index in [-0.39, 0.29) is 24.0 Å². The number of halogens is 2. The minimum atomic E-state index is -3.00. The second-order valence-corrected chi connectivity index (χ2v) is 11.9. The van der Waals surface area contributed by atoms with Crippen molar-refractivity contribution in [3.05, 3.63) is 58.6 Å². The molecule has 34 heavy (non-hydrogen) atoms. The number of hydrogen-bond donors (Lipinski definition) is 1. The van der Waals surface area contributed by atoms with Gasteiger partial charge in [-0.25, -0.2) is 17.8 Å². The maximum absolute atomic E-state index is 14.1. The summed E-state index contributed by atoms with van der Waals surface area (Å²) in [6.07, 6.45) is 3.53. The molecule has 0 bridgehead atoms. The Hall–Kier alpha value is -2.49. The summed E-state index contributed by atoms with van der Waals surface area (Å²) in [5.41, 5.74) is 2.66. The maximum atomic E-state index is 14.1. The topological polar surface area (TPSA) is 84.3 Å². The number of hydrogen-bond acceptors (Lipinski definition) is 5. The zero-order valence-electron chi connectivity index (χ0n) is 18.9. The lowest BCUT2D eigenvalue weighted by Gasteiger charge is -2.19. The van der Waals surface area contributed by atoms with Gasteiger partial charge in [-0.3, -0.25) is 4.79 Å². The number of nitrogens with zero attached hydrogens (tertiary/aromatic N) is 3. The number of anilines is 1. The van der Waals surface area contributed by atoms with Crippen LogP contribution in [-0.2, 0) is 33.1 Å². The number of amides is 1. The van der Waals surface area contributed by atoms with E-state index in [9.17, 15) is 17.6 Å². The number of fused-ring (bicyclic) bond motifs is 3. The molecule has 10 heteroatoms. The summed E-state index contributed by atoms with van der Waals surface area (Å²) >= 11 is 6.19. The molecule has 0 atom stereocenters. The third-order valence-electron chi connectivity index (χ3n) is 6.64. The fourth-order valence-electron chi connectivity index (χ4n) is 4.79. The van der Waals surface area contributed by atoms with E-state index >= 15 is 0 Å². The van der Waals surface area contributed by atoms with E-state index in [0.29, 0.717) is 36.2 Å². The van der Waals surface area contributed by atoms with Gasteiger partial charge in [0.25, 0.3) is 0 Å². The largest absolute Gasteiger partial charge is 0.326 e. The molecule has 1 aromatic heterocycles. The molecule has 0 saturated heterocycles. The van der Waals surface area contributed by atoms with Crippen LogP contribution in [0.3, 0.4) is 0 Å². The number of rotatable bonds is 9. The van der Waals surface area contributed by atoms with Crippen molar-refractivity contribution in [3.63, 3.8) is 0 Å². The highest BCUT2D eigenvalue weighted by Gasteiger charge is 2.59. The predicted octanol–water partition coefficient (Wildman–Crippen LogP) is 3.43. The number of carbonyl (C=O) groups is 1. The van der Waals surface area contributed by atoms with Gasteiger partial charge < -0.3 is 14.8 Å². The number of carbonyl (C=O) groups excluding carboxylic acids is 1. The van der Waals surface area contributed by atoms with Crippen molar-refractivity contribution in [2.45, 2.75) is 37.8 Å². The van der Waals surface area contributed by atoms with Crippen LogP contribution in [0.25, 0.3) is 11.0 Å². The molecular weight excluding hydrogens is 479 g/mol. The van der Waals surface area contributed by atoms with Crippen molar-refractivity contribution >= 4 is 44.1 Å². The molecule has 5 rings (SSSR count). The van der Waals surface area contributed by atoms with Gasteiger partial charge in [0, 0.05) is 24.4 Å². The molecule has 1 aliphatic carbocycles. The van der Waals surface area contributed by atoms with E-state index in [2.05, 4.69) is 9.88 Å². The third-order valence-corrected chi connectivity index (χ3v) is 7.83. The molecule has 7 nitrogen and oxygen atoms in total. The second kappa shape index (κ2) is 8.62. The summed E-state index contributed by atoms with van der Waals surface area (Å²) in [6, 6.07) is 10.1. The van der Waals surface area contributed by atoms with Gasteiger partial charge in [0.05, 0.1) is 34.4 Å². The van der Waals surface area contributed by atoms with Crippen LogP contribution in [0.5, 0.6) is 0 Å². The van der Waals surface area contributed by atoms with E-state index < -0.39 is 15.3 Å². The quantitative estimate of drug-likeness (QED) is 0.451. The Morgan fingerprint density at radius 2 is 1.97 bits per heavy atom. The van der Waals surface area contributed by atoms with Crippen LogP contribution in [0.15, 0.2) is 36.4 Å². The minimum Gasteiger partial charge on any atom is -0.326 e. The molecule has 180 valence electrons. The van der Waals surface area contributed by atoms with Crippen LogP contribution in [0.2, 0.25) is 5.02 Å². The summed E-state index contributed by atoms with van der Waals surface area (Å²) in [7, 11) is -3.00. The van der Waals surface area contributed by atoms with Crippen LogP contribution < -0.4 is 10.2 Å². The molecule has 0 radical (unpaired) electrons. The molecule has 1 spiro atoms. The van der Waals surface area contributed by atoms with Gasteiger partial charge in [-0.2, -0.15) is 0 Å². The maximum Gasteiger partial charge on any atom is 0.238 e. The highest BCUT2D eigenvalue weighted by molar-refractivity contribution is 7.90. The number of benzene rings is 2. The molecule has 1 saturated carbocycles. The summed E-state index contributed by atoms with van der Waals surface area (Å²) < 4.78 is 38.8. The molecule has 2 aromatic carbocycles. The van der Waals surface area contributed by atoms with Crippen molar-refractivity contribution < 1.29 is 17.6 Å². The van der Waals surface area contributed by atoms with Gasteiger partial charge >= 0.3 is 0 Å². The lowest BCUT2D eigenvalue weighted by molar-refractivity contribution is -0.120. The predicted molar refractivity (Wildman–Crippen MR) is 130 cm³/mol. The second-order valence-electron chi connectivity index (χ2n) is 9.18. The molecule has 3 aromatic rings. The highest BCUT2D eigenvalue weighted by atomic mass is 35.5. The number of imidazole rings is 1. The Morgan fingerprint density at radius 3 is 2.71 bits per heavy atom. The van der Waals surface area contributed by atoms with Crippen molar-refractivity contribution in [1.82, 2.24) is 14.9 Å². The summed E-state index contributed by atoms with van der Waals surface area (Å²) in [4.78, 5) is 19.8. The lowest BCUT2D eigenvalue weighted by atomic mass is 9.98. The zero-order valence-corrected chi connectivity index (χ0v) is 20.4. The fraction of sp³-hybridized carbons (Fsp3) is 0.417. The van der Waals surface area contributed by atoms with Gasteiger partial charge in [0.1, 0.15) is 21.5 Å². The normalized spacial score (nSPS) is 16.6. The first-order valence-corrected chi connectivity index (χ1v) is 13.8. The molecule has 1 fully saturated rings. The molecule has 0 unspecified atom stereocenters. The Kier molecular flexibility index (Phi) is 5.90. The zero-order chi connectivity index (χ0) is 24.1. The average Bonchev–Trinajstić information content (AvgIpc) is 3.46. The summed E-state index contributed by atoms with van der Waals surface area (Å²) in [5, 5.41) is 3.74. The van der Waals surface area contributed by atoms with Crippen LogP contribution in [0, 0.1) is 5.82 Å². The fourth-order valence-corrected chi connectivity index (χ4v) is 5.47. The third kappa shape index (κ3) is 4.32. The molecule has 1 aliphatic heterocycles. The Bertz CT molecular complexity index is 1380. The number of aromatic nitrogens is 2. The van der Waals surface area contributed by atoms with E-state index in [0.717, 1.165) is 35.9 Å². The van der Waals surface area contributed by atoms with Crippen LogP contribution in [0.1, 0.15) is 30.7 Å². The molecular formula is C24H26ClFN4O3S. The van der Waals surface area contributed by atoms with Crippen molar-refractivity contribution in [1.29, 1.82) is 0 Å². The molecule has 1 amide bonds. The van der Waals surface area contributed by atoms with Gasteiger partial charge in [-0.05, 0) is 61.7 Å². The lowest BCUT2D eigenvalue weighted by Crippen LogP contribution is -2.32. The van der Waals surface area contributed by atoms with Crippen molar-refractivity contribution in [2.24, 2.45) is 0 Å². The smallest absolute Gasteiger partial charge is 0.238 e. The Balaban J connectivity index is 1.39. The van der Waals surface area contributed by atoms with E-state index in [1.54, 1.807) is 23.1 Å². The van der Waals surface area contributed by atoms with E-state index in [4.69, 9.17) is 16.6 Å². The van der Waals surface area contributed by atoms with Gasteiger partial charge in [0.2, 0.25) is 5.91 Å². The number of sulfone groups is 1. The standard InChI is InChI=1S/C24H26ClFN4O3S/c1-34(32,33)12-10-27-9-2-11-29-20-6-3-16(25)13-19(20)28-22(29)15-30-21-14-17(26)4-5-18(21)24(7-8-24)23(30)31/h3-6,13-14,27H,2,7-12,15H2,1H3. The average molecular weight is 505 g/mol. The van der Waals surface area contributed by atoms with Crippen molar-refractivity contribution in [2.75, 3.05) is 30.0 Å². The number of aryl methyl sites for hydroxylation is 1. The van der Waals surface area contributed by atoms with Gasteiger partial charge in [-0.1, -0.05) is 17.7 Å². The Labute approximate surface area is 202 Å². The molecule has 2 heterocycles. The van der Waals surface area contributed by atoms with E-state index in [1.165, 1.54) is 18.4 Å². The first-order valence-electron chi connectivity index (χ1n) is 11.3. The van der Waals surface area contributed by atoms with Crippen LogP contribution in [-0.4, -0.2) is 49.0 Å². The summed E-state index contributed by atoms with van der Waals surface area (Å²) in [5.74, 6) is 0.441. The molecule has 1 N–H and O–H groups in total. The van der Waals surface area contributed by atoms with E-state index in [1.807, 2.05) is 6.07 Å². The Morgan fingerprint density at radius 1 is 1.18 bits per heavy atom. The first kappa shape index (κ1) is 23.3. The van der Waals surface area contributed by atoms with Crippen LogP contribution >= 0.6 is 11.6 Å². The van der Waals surface area contributed by atoms with Crippen molar-refractivity contribution in [3.8, 4) is 0 Å². The van der Waals surface area contributed by atoms with Crippen LogP contribution in [0.4, 0.5) is 10.1 Å². The number of nitrogens with one attached hydrogen (secondary N) is 1. The van der Waals surface area contributed by atoms with Gasteiger partial charge in [-0.15, -0.1) is 0 Å². The first-order chi connectivity index (χ1) is 16.2. The highest BCUT2D eigenvalue weighted by Crippen LogP contribution is 2.57.